The van der Waals surface area contributed by atoms with E-state index in [0.29, 0.717) is 19.4 Å². The van der Waals surface area contributed by atoms with Crippen LogP contribution in [0.1, 0.15) is 19.8 Å². The summed E-state index contributed by atoms with van der Waals surface area (Å²) in [5.74, 6) is -1.96. The van der Waals surface area contributed by atoms with Crippen molar-refractivity contribution in [2.24, 2.45) is 5.73 Å². The summed E-state index contributed by atoms with van der Waals surface area (Å²) < 4.78 is 0. The molecule has 1 heterocycles. The number of aliphatic hydroxyl groups is 1. The minimum absolute atomic E-state index is 0.339. The molecule has 0 spiro atoms. The molecule has 0 aromatic carbocycles. The monoisotopic (exact) mass is 259 g/mol. The number of nitrogens with two attached hydrogens (primary N) is 1. The molecule has 0 aliphatic carbocycles. The molecule has 18 heavy (non-hydrogen) atoms. The van der Waals surface area contributed by atoms with E-state index < -0.39 is 36.1 Å². The molecule has 0 saturated carbocycles. The van der Waals surface area contributed by atoms with E-state index >= 15 is 0 Å². The molecule has 1 aliphatic rings. The molecule has 1 saturated heterocycles. The number of carboxylic acids is 1. The fraction of sp³-hybridized carbons (Fsp3) is 0.700. The quantitative estimate of drug-likeness (QED) is 0.486. The molecule has 5 N–H and O–H groups in total. The number of carboxylic acid groups (broad SMARTS) is 1. The van der Waals surface area contributed by atoms with Crippen molar-refractivity contribution >= 4 is 17.9 Å². The van der Waals surface area contributed by atoms with Gasteiger partial charge in [-0.05, 0) is 19.8 Å². The number of aliphatic hydroxyl groups excluding tert-OH is 1. The van der Waals surface area contributed by atoms with Crippen molar-refractivity contribution in [1.29, 1.82) is 0 Å². The average molecular weight is 259 g/mol. The van der Waals surface area contributed by atoms with E-state index in [-0.39, 0.29) is 0 Å². The first-order valence-electron chi connectivity index (χ1n) is 5.62. The molecule has 3 amide bonds. The first kappa shape index (κ1) is 14.2. The molecule has 0 radical (unpaired) electrons. The van der Waals surface area contributed by atoms with Gasteiger partial charge in [-0.25, -0.2) is 9.59 Å². The largest absolute Gasteiger partial charge is 0.480 e. The van der Waals surface area contributed by atoms with Gasteiger partial charge in [-0.3, -0.25) is 4.79 Å². The molecule has 1 rings (SSSR count). The third-order valence-corrected chi connectivity index (χ3v) is 2.87. The zero-order valence-corrected chi connectivity index (χ0v) is 10.00. The standard InChI is InChI=1S/C10H17N3O5/c1-5(14)7(9(16)17)12-10(18)13-4-2-3-6(13)8(11)15/h5-7,14H,2-4H2,1H3,(H2,11,15)(H,12,18)(H,16,17). The minimum atomic E-state index is -1.41. The van der Waals surface area contributed by atoms with Crippen LogP contribution in [-0.4, -0.2) is 57.8 Å². The van der Waals surface area contributed by atoms with Gasteiger partial charge < -0.3 is 26.2 Å². The molecule has 0 aromatic heterocycles. The number of carbonyl (C=O) groups excluding carboxylic acids is 2. The van der Waals surface area contributed by atoms with Gasteiger partial charge in [-0.15, -0.1) is 0 Å². The van der Waals surface area contributed by atoms with Gasteiger partial charge in [-0.2, -0.15) is 0 Å². The number of nitrogens with zero attached hydrogens (tertiary/aromatic N) is 1. The highest BCUT2D eigenvalue weighted by molar-refractivity contribution is 5.88. The van der Waals surface area contributed by atoms with Crippen molar-refractivity contribution in [3.8, 4) is 0 Å². The van der Waals surface area contributed by atoms with E-state index in [1.807, 2.05) is 0 Å². The maximum absolute atomic E-state index is 11.8. The van der Waals surface area contributed by atoms with Crippen LogP contribution in [0.3, 0.4) is 0 Å². The Bertz CT molecular complexity index is 357. The predicted molar refractivity (Wildman–Crippen MR) is 60.6 cm³/mol. The number of hydrogen-bond donors (Lipinski definition) is 4. The van der Waals surface area contributed by atoms with Crippen LogP contribution < -0.4 is 11.1 Å². The van der Waals surface area contributed by atoms with Gasteiger partial charge in [0, 0.05) is 6.54 Å². The lowest BCUT2D eigenvalue weighted by Crippen LogP contribution is -2.55. The Hall–Kier alpha value is -1.83. The lowest BCUT2D eigenvalue weighted by atomic mass is 10.2. The summed E-state index contributed by atoms with van der Waals surface area (Å²) in [6, 6.07) is -2.83. The molecule has 1 fully saturated rings. The highest BCUT2D eigenvalue weighted by Crippen LogP contribution is 2.16. The second-order valence-corrected chi connectivity index (χ2v) is 4.26. The third kappa shape index (κ3) is 3.10. The topological polar surface area (TPSA) is 133 Å². The normalized spacial score (nSPS) is 22.3. The van der Waals surface area contributed by atoms with Gasteiger partial charge >= 0.3 is 12.0 Å². The zero-order chi connectivity index (χ0) is 13.9. The molecule has 3 unspecified atom stereocenters. The smallest absolute Gasteiger partial charge is 0.328 e. The molecule has 0 bridgehead atoms. The highest BCUT2D eigenvalue weighted by Gasteiger charge is 2.35. The second-order valence-electron chi connectivity index (χ2n) is 4.26. The molecule has 8 nitrogen and oxygen atoms in total. The molecular formula is C10H17N3O5. The first-order valence-corrected chi connectivity index (χ1v) is 5.62. The molecule has 102 valence electrons. The number of rotatable bonds is 4. The Balaban J connectivity index is 2.69. The summed E-state index contributed by atoms with van der Waals surface area (Å²) in [5.41, 5.74) is 5.15. The number of nitrogens with one attached hydrogen (secondary N) is 1. The van der Waals surface area contributed by atoms with Gasteiger partial charge in [0.2, 0.25) is 5.91 Å². The summed E-state index contributed by atoms with van der Waals surface area (Å²) in [5, 5.41) is 20.2. The summed E-state index contributed by atoms with van der Waals surface area (Å²) >= 11 is 0. The van der Waals surface area contributed by atoms with Gasteiger partial charge in [-0.1, -0.05) is 0 Å². The van der Waals surface area contributed by atoms with Crippen LogP contribution >= 0.6 is 0 Å². The van der Waals surface area contributed by atoms with E-state index in [9.17, 15) is 19.5 Å². The number of likely N-dealkylation sites (tertiary alicyclic amines) is 1. The van der Waals surface area contributed by atoms with E-state index in [1.165, 1.54) is 11.8 Å². The summed E-state index contributed by atoms with van der Waals surface area (Å²) in [6.07, 6.45) is -0.135. The summed E-state index contributed by atoms with van der Waals surface area (Å²) in [4.78, 5) is 34.9. The van der Waals surface area contributed by atoms with Crippen LogP contribution in [0, 0.1) is 0 Å². The van der Waals surface area contributed by atoms with Crippen molar-refractivity contribution in [2.45, 2.75) is 38.0 Å². The van der Waals surface area contributed by atoms with E-state index in [4.69, 9.17) is 10.8 Å². The number of urea groups is 1. The van der Waals surface area contributed by atoms with Crippen LogP contribution in [0.4, 0.5) is 4.79 Å². The van der Waals surface area contributed by atoms with E-state index in [0.717, 1.165) is 0 Å². The van der Waals surface area contributed by atoms with Gasteiger partial charge in [0.05, 0.1) is 6.10 Å². The Labute approximate surface area is 104 Å². The van der Waals surface area contributed by atoms with Crippen LogP contribution in [-0.2, 0) is 9.59 Å². The molecule has 0 aromatic rings. The molecule has 3 atom stereocenters. The Morgan fingerprint density at radius 2 is 2.06 bits per heavy atom. The summed E-state index contributed by atoms with van der Waals surface area (Å²) in [6.45, 7) is 1.60. The molecule has 8 heteroatoms. The number of amides is 3. The average Bonchev–Trinajstić information content (AvgIpc) is 2.73. The van der Waals surface area contributed by atoms with Crippen molar-refractivity contribution < 1.29 is 24.6 Å². The van der Waals surface area contributed by atoms with Crippen LogP contribution in [0.5, 0.6) is 0 Å². The van der Waals surface area contributed by atoms with Crippen molar-refractivity contribution in [1.82, 2.24) is 10.2 Å². The van der Waals surface area contributed by atoms with Gasteiger partial charge in [0.1, 0.15) is 6.04 Å². The zero-order valence-electron chi connectivity index (χ0n) is 10.00. The van der Waals surface area contributed by atoms with Crippen LogP contribution in [0.2, 0.25) is 0 Å². The van der Waals surface area contributed by atoms with Gasteiger partial charge in [0.15, 0.2) is 6.04 Å². The van der Waals surface area contributed by atoms with Crippen molar-refractivity contribution in [3.63, 3.8) is 0 Å². The fourth-order valence-corrected chi connectivity index (χ4v) is 1.91. The van der Waals surface area contributed by atoms with Gasteiger partial charge in [0.25, 0.3) is 0 Å². The highest BCUT2D eigenvalue weighted by atomic mass is 16.4. The Morgan fingerprint density at radius 3 is 2.50 bits per heavy atom. The lowest BCUT2D eigenvalue weighted by Gasteiger charge is -2.25. The molecule has 1 aliphatic heterocycles. The number of aliphatic carboxylic acids is 1. The Morgan fingerprint density at radius 1 is 1.44 bits per heavy atom. The fourth-order valence-electron chi connectivity index (χ4n) is 1.91. The Kier molecular flexibility index (Phi) is 4.49. The maximum Gasteiger partial charge on any atom is 0.328 e. The number of hydrogen-bond acceptors (Lipinski definition) is 4. The van der Waals surface area contributed by atoms with Crippen LogP contribution in [0.15, 0.2) is 0 Å². The number of primary amides is 1. The molecular weight excluding hydrogens is 242 g/mol. The van der Waals surface area contributed by atoms with Crippen LogP contribution in [0.25, 0.3) is 0 Å². The summed E-state index contributed by atoms with van der Waals surface area (Å²) in [7, 11) is 0. The third-order valence-electron chi connectivity index (χ3n) is 2.87. The first-order chi connectivity index (χ1) is 8.34. The van der Waals surface area contributed by atoms with Crippen molar-refractivity contribution in [3.05, 3.63) is 0 Å². The number of carbonyl (C=O) groups is 3. The second kappa shape index (κ2) is 5.67. The van der Waals surface area contributed by atoms with E-state index in [2.05, 4.69) is 5.32 Å². The maximum atomic E-state index is 11.8. The lowest BCUT2D eigenvalue weighted by molar-refractivity contribution is -0.141. The van der Waals surface area contributed by atoms with E-state index in [1.54, 1.807) is 0 Å². The van der Waals surface area contributed by atoms with Crippen molar-refractivity contribution in [2.75, 3.05) is 6.54 Å². The SMILES string of the molecule is CC(O)C(NC(=O)N1CCCC1C(N)=O)C(=O)O. The minimum Gasteiger partial charge on any atom is -0.480 e. The predicted octanol–water partition coefficient (Wildman–Crippen LogP) is -1.52.